The first kappa shape index (κ1) is 14.2. The van der Waals surface area contributed by atoms with Crippen LogP contribution < -0.4 is 0 Å². The smallest absolute Gasteiger partial charge is 0.219 e. The molecule has 0 saturated carbocycles. The molecule has 0 spiro atoms. The molecule has 0 aliphatic heterocycles. The van der Waals surface area contributed by atoms with E-state index in [1.807, 2.05) is 0 Å². The van der Waals surface area contributed by atoms with Gasteiger partial charge in [0, 0.05) is 5.92 Å². The molecule has 0 saturated heterocycles. The van der Waals surface area contributed by atoms with Gasteiger partial charge in [0.2, 0.25) is 12.3 Å². The first-order valence-electron chi connectivity index (χ1n) is 7.14. The Hall–Kier alpha value is -0.860. The van der Waals surface area contributed by atoms with Gasteiger partial charge in [-0.2, -0.15) is 0 Å². The molecule has 98 valence electrons. The third kappa shape index (κ3) is 5.85. The van der Waals surface area contributed by atoms with E-state index >= 15 is 0 Å². The Bertz CT molecular complexity index is 259. The zero-order valence-corrected chi connectivity index (χ0v) is 11.3. The van der Waals surface area contributed by atoms with Gasteiger partial charge < -0.3 is 4.42 Å². The number of aromatic nitrogens is 2. The lowest BCUT2D eigenvalue weighted by molar-refractivity contribution is 0.395. The summed E-state index contributed by atoms with van der Waals surface area (Å²) in [5, 5.41) is 7.88. The quantitative estimate of drug-likeness (QED) is 0.554. The highest BCUT2D eigenvalue weighted by Crippen LogP contribution is 2.26. The van der Waals surface area contributed by atoms with Gasteiger partial charge in [0.05, 0.1) is 0 Å². The van der Waals surface area contributed by atoms with Crippen molar-refractivity contribution in [3.63, 3.8) is 0 Å². The minimum absolute atomic E-state index is 0.487. The van der Waals surface area contributed by atoms with Crippen molar-refractivity contribution in [2.24, 2.45) is 0 Å². The van der Waals surface area contributed by atoms with Crippen molar-refractivity contribution in [2.45, 2.75) is 77.6 Å². The molecule has 0 aliphatic carbocycles. The second kappa shape index (κ2) is 9.20. The van der Waals surface area contributed by atoms with E-state index in [9.17, 15) is 0 Å². The summed E-state index contributed by atoms with van der Waals surface area (Å²) in [4.78, 5) is 0. The predicted octanol–water partition coefficient (Wildman–Crippen LogP) is 4.70. The summed E-state index contributed by atoms with van der Waals surface area (Å²) in [6.07, 6.45) is 12.9. The summed E-state index contributed by atoms with van der Waals surface area (Å²) in [7, 11) is 0. The van der Waals surface area contributed by atoms with E-state index in [1.165, 1.54) is 64.2 Å². The van der Waals surface area contributed by atoms with Crippen LogP contribution in [0.4, 0.5) is 0 Å². The Kier molecular flexibility index (Phi) is 7.69. The molecule has 0 bridgehead atoms. The second-order valence-electron chi connectivity index (χ2n) is 4.82. The maximum atomic E-state index is 5.36. The van der Waals surface area contributed by atoms with Gasteiger partial charge in [0.15, 0.2) is 0 Å². The lowest BCUT2D eigenvalue weighted by Crippen LogP contribution is -2.00. The molecule has 0 aromatic carbocycles. The molecule has 17 heavy (non-hydrogen) atoms. The molecule has 1 rings (SSSR count). The summed E-state index contributed by atoms with van der Waals surface area (Å²) >= 11 is 0. The fourth-order valence-electron chi connectivity index (χ4n) is 2.21. The van der Waals surface area contributed by atoms with E-state index in [1.54, 1.807) is 0 Å². The molecule has 3 nitrogen and oxygen atoms in total. The first-order valence-corrected chi connectivity index (χ1v) is 7.14. The Morgan fingerprint density at radius 2 is 1.65 bits per heavy atom. The number of hydrogen-bond acceptors (Lipinski definition) is 3. The summed E-state index contributed by atoms with van der Waals surface area (Å²) in [5.41, 5.74) is 0. The topological polar surface area (TPSA) is 38.9 Å². The van der Waals surface area contributed by atoms with Crippen LogP contribution >= 0.6 is 0 Å². The summed E-state index contributed by atoms with van der Waals surface area (Å²) < 4.78 is 5.36. The standard InChI is InChI=1S/C14H26N2O/c1-3-5-7-9-11-13(10-8-6-4-2)14-16-15-12-17-14/h12-13H,3-11H2,1-2H3. The van der Waals surface area contributed by atoms with Crippen molar-refractivity contribution in [2.75, 3.05) is 0 Å². The van der Waals surface area contributed by atoms with Crippen LogP contribution in [0.3, 0.4) is 0 Å². The lowest BCUT2D eigenvalue weighted by Gasteiger charge is -2.12. The van der Waals surface area contributed by atoms with Crippen molar-refractivity contribution in [1.82, 2.24) is 10.2 Å². The largest absolute Gasteiger partial charge is 0.428 e. The third-order valence-electron chi connectivity index (χ3n) is 3.29. The average molecular weight is 238 g/mol. The Labute approximate surface area is 105 Å². The van der Waals surface area contributed by atoms with Crippen LogP contribution in [0.5, 0.6) is 0 Å². The van der Waals surface area contributed by atoms with Gasteiger partial charge in [0.1, 0.15) is 0 Å². The van der Waals surface area contributed by atoms with Crippen LogP contribution in [0, 0.1) is 0 Å². The average Bonchev–Trinajstić information content (AvgIpc) is 2.86. The van der Waals surface area contributed by atoms with Crippen molar-refractivity contribution in [1.29, 1.82) is 0 Å². The van der Waals surface area contributed by atoms with Gasteiger partial charge in [-0.15, -0.1) is 10.2 Å². The molecule has 0 aliphatic rings. The van der Waals surface area contributed by atoms with Crippen molar-refractivity contribution >= 4 is 0 Å². The van der Waals surface area contributed by atoms with E-state index in [0.717, 1.165) is 5.89 Å². The van der Waals surface area contributed by atoms with Crippen LogP contribution in [0.1, 0.15) is 83.4 Å². The summed E-state index contributed by atoms with van der Waals surface area (Å²) in [6.45, 7) is 4.49. The van der Waals surface area contributed by atoms with Crippen LogP contribution in [0.15, 0.2) is 10.8 Å². The molecule has 3 heteroatoms. The molecule has 0 radical (unpaired) electrons. The van der Waals surface area contributed by atoms with Gasteiger partial charge >= 0.3 is 0 Å². The van der Waals surface area contributed by atoms with Crippen LogP contribution in [-0.2, 0) is 0 Å². The van der Waals surface area contributed by atoms with Crippen molar-refractivity contribution in [3.05, 3.63) is 12.3 Å². The molecule has 1 atom stereocenters. The molecule has 1 aromatic rings. The first-order chi connectivity index (χ1) is 8.38. The third-order valence-corrected chi connectivity index (χ3v) is 3.29. The van der Waals surface area contributed by atoms with E-state index in [0.29, 0.717) is 5.92 Å². The van der Waals surface area contributed by atoms with Gasteiger partial charge in [-0.1, -0.05) is 58.8 Å². The number of nitrogens with zero attached hydrogens (tertiary/aromatic N) is 2. The Balaban J connectivity index is 2.31. The van der Waals surface area contributed by atoms with Gasteiger partial charge in [-0.25, -0.2) is 0 Å². The Morgan fingerprint density at radius 3 is 2.24 bits per heavy atom. The SMILES string of the molecule is CCCCCCC(CCCCC)c1nnco1. The van der Waals surface area contributed by atoms with Crippen LogP contribution in [0.25, 0.3) is 0 Å². The van der Waals surface area contributed by atoms with E-state index in [4.69, 9.17) is 4.42 Å². The minimum atomic E-state index is 0.487. The van der Waals surface area contributed by atoms with Crippen LogP contribution in [-0.4, -0.2) is 10.2 Å². The van der Waals surface area contributed by atoms with Gasteiger partial charge in [-0.3, -0.25) is 0 Å². The van der Waals surface area contributed by atoms with Crippen molar-refractivity contribution in [3.8, 4) is 0 Å². The zero-order valence-electron chi connectivity index (χ0n) is 11.3. The summed E-state index contributed by atoms with van der Waals surface area (Å²) in [5.74, 6) is 1.33. The Morgan fingerprint density at radius 1 is 1.00 bits per heavy atom. The number of hydrogen-bond donors (Lipinski definition) is 0. The highest BCUT2D eigenvalue weighted by Gasteiger charge is 2.15. The van der Waals surface area contributed by atoms with Gasteiger partial charge in [0.25, 0.3) is 0 Å². The van der Waals surface area contributed by atoms with Crippen LogP contribution in [0.2, 0.25) is 0 Å². The highest BCUT2D eigenvalue weighted by atomic mass is 16.4. The lowest BCUT2D eigenvalue weighted by atomic mass is 9.95. The van der Waals surface area contributed by atoms with E-state index in [2.05, 4.69) is 24.0 Å². The molecular weight excluding hydrogens is 212 g/mol. The van der Waals surface area contributed by atoms with Crippen molar-refractivity contribution < 1.29 is 4.42 Å². The highest BCUT2D eigenvalue weighted by molar-refractivity contribution is 4.87. The number of unbranched alkanes of at least 4 members (excludes halogenated alkanes) is 5. The number of rotatable bonds is 10. The molecule has 1 heterocycles. The fourth-order valence-corrected chi connectivity index (χ4v) is 2.21. The molecule has 0 N–H and O–H groups in total. The molecule has 0 fully saturated rings. The zero-order chi connectivity index (χ0) is 12.3. The predicted molar refractivity (Wildman–Crippen MR) is 69.9 cm³/mol. The molecule has 0 amide bonds. The van der Waals surface area contributed by atoms with Gasteiger partial charge in [-0.05, 0) is 12.8 Å². The second-order valence-corrected chi connectivity index (χ2v) is 4.82. The van der Waals surface area contributed by atoms with E-state index in [-0.39, 0.29) is 0 Å². The minimum Gasteiger partial charge on any atom is -0.428 e. The summed E-state index contributed by atoms with van der Waals surface area (Å²) in [6, 6.07) is 0. The fraction of sp³-hybridized carbons (Fsp3) is 0.857. The maximum Gasteiger partial charge on any atom is 0.219 e. The molecule has 1 unspecified atom stereocenters. The van der Waals surface area contributed by atoms with E-state index < -0.39 is 0 Å². The normalized spacial score (nSPS) is 12.8. The molecular formula is C14H26N2O. The monoisotopic (exact) mass is 238 g/mol. The molecule has 1 aromatic heterocycles. The maximum absolute atomic E-state index is 5.36.